The van der Waals surface area contributed by atoms with E-state index in [4.69, 9.17) is 5.73 Å². The van der Waals surface area contributed by atoms with E-state index in [1.165, 1.54) is 23.0 Å². The van der Waals surface area contributed by atoms with Crippen molar-refractivity contribution in [2.45, 2.75) is 12.7 Å². The van der Waals surface area contributed by atoms with Crippen LogP contribution in [-0.2, 0) is 12.7 Å². The molecule has 3 N–H and O–H groups in total. The summed E-state index contributed by atoms with van der Waals surface area (Å²) in [6.45, 7) is 0.0870. The van der Waals surface area contributed by atoms with Crippen molar-refractivity contribution in [2.75, 3.05) is 11.1 Å². The molecular formula is C21H16F4N6. The molecular weight excluding hydrogens is 412 g/mol. The molecule has 158 valence electrons. The normalized spacial score (nSPS) is 11.5. The lowest BCUT2D eigenvalue weighted by atomic mass is 10.1. The van der Waals surface area contributed by atoms with Crippen molar-refractivity contribution in [3.63, 3.8) is 0 Å². The summed E-state index contributed by atoms with van der Waals surface area (Å²) in [4.78, 5) is 1.25. The minimum absolute atomic E-state index is 0.0870. The SMILES string of the molecule is Nc1ccc(Nc2ccc(C(F)(F)F)cc2)c(-c2nnn(Cc3ccccc3F)n2)c1. The van der Waals surface area contributed by atoms with Crippen molar-refractivity contribution < 1.29 is 17.6 Å². The Morgan fingerprint density at radius 3 is 2.42 bits per heavy atom. The van der Waals surface area contributed by atoms with Crippen LogP contribution in [-0.4, -0.2) is 20.2 Å². The van der Waals surface area contributed by atoms with Gasteiger partial charge in [0.05, 0.1) is 12.1 Å². The Morgan fingerprint density at radius 1 is 0.968 bits per heavy atom. The van der Waals surface area contributed by atoms with Gasteiger partial charge in [0.1, 0.15) is 5.82 Å². The summed E-state index contributed by atoms with van der Waals surface area (Å²) in [6.07, 6.45) is -4.41. The van der Waals surface area contributed by atoms with E-state index in [2.05, 4.69) is 20.7 Å². The number of nitrogen functional groups attached to an aromatic ring is 1. The number of hydrogen-bond donors (Lipinski definition) is 2. The highest BCUT2D eigenvalue weighted by Gasteiger charge is 2.30. The number of aromatic nitrogens is 4. The van der Waals surface area contributed by atoms with Crippen LogP contribution in [0.25, 0.3) is 11.4 Å². The summed E-state index contributed by atoms with van der Waals surface area (Å²) in [5, 5.41) is 15.3. The number of nitrogens with two attached hydrogens (primary N) is 1. The van der Waals surface area contributed by atoms with Gasteiger partial charge in [0.25, 0.3) is 0 Å². The lowest BCUT2D eigenvalue weighted by Gasteiger charge is -2.12. The van der Waals surface area contributed by atoms with Crippen LogP contribution < -0.4 is 11.1 Å². The largest absolute Gasteiger partial charge is 0.416 e. The van der Waals surface area contributed by atoms with E-state index in [-0.39, 0.29) is 18.2 Å². The summed E-state index contributed by atoms with van der Waals surface area (Å²) < 4.78 is 52.2. The average Bonchev–Trinajstić information content (AvgIpc) is 3.19. The van der Waals surface area contributed by atoms with Gasteiger partial charge in [0, 0.05) is 28.2 Å². The van der Waals surface area contributed by atoms with Gasteiger partial charge < -0.3 is 11.1 Å². The van der Waals surface area contributed by atoms with Crippen molar-refractivity contribution in [1.82, 2.24) is 20.2 Å². The minimum Gasteiger partial charge on any atom is -0.399 e. The third kappa shape index (κ3) is 4.63. The molecule has 0 aliphatic rings. The molecule has 0 amide bonds. The third-order valence-corrected chi connectivity index (χ3v) is 4.50. The Morgan fingerprint density at radius 2 is 1.71 bits per heavy atom. The Labute approximate surface area is 174 Å². The standard InChI is InChI=1S/C21H16F4N6/c22-18-4-2-1-3-13(18)12-31-29-20(28-30-31)17-11-15(26)7-10-19(17)27-16-8-5-14(6-9-16)21(23,24)25/h1-11,27H,12,26H2. The number of alkyl halides is 3. The summed E-state index contributed by atoms with van der Waals surface area (Å²) >= 11 is 0. The molecule has 0 saturated carbocycles. The summed E-state index contributed by atoms with van der Waals surface area (Å²) in [5.41, 5.74) is 7.47. The molecule has 31 heavy (non-hydrogen) atoms. The lowest BCUT2D eigenvalue weighted by molar-refractivity contribution is -0.137. The zero-order valence-corrected chi connectivity index (χ0v) is 15.9. The van der Waals surface area contributed by atoms with Gasteiger partial charge in [-0.3, -0.25) is 0 Å². The third-order valence-electron chi connectivity index (χ3n) is 4.50. The van der Waals surface area contributed by atoms with Crippen LogP contribution >= 0.6 is 0 Å². The number of nitrogens with zero attached hydrogens (tertiary/aromatic N) is 4. The van der Waals surface area contributed by atoms with E-state index >= 15 is 0 Å². The van der Waals surface area contributed by atoms with E-state index in [1.807, 2.05) is 0 Å². The predicted octanol–water partition coefficient (Wildman–Crippen LogP) is 4.87. The number of benzene rings is 3. The molecule has 0 aliphatic carbocycles. The van der Waals surface area contributed by atoms with E-state index in [0.29, 0.717) is 28.2 Å². The van der Waals surface area contributed by atoms with Gasteiger partial charge in [-0.1, -0.05) is 18.2 Å². The maximum absolute atomic E-state index is 13.9. The number of halogens is 4. The fourth-order valence-electron chi connectivity index (χ4n) is 2.95. The second-order valence-corrected chi connectivity index (χ2v) is 6.74. The molecule has 0 radical (unpaired) electrons. The predicted molar refractivity (Wildman–Crippen MR) is 108 cm³/mol. The number of hydrogen-bond acceptors (Lipinski definition) is 5. The average molecular weight is 428 g/mol. The van der Waals surface area contributed by atoms with Crippen LogP contribution in [0.2, 0.25) is 0 Å². The zero-order valence-electron chi connectivity index (χ0n) is 15.9. The van der Waals surface area contributed by atoms with Crippen molar-refractivity contribution in [1.29, 1.82) is 0 Å². The molecule has 0 aliphatic heterocycles. The fourth-order valence-corrected chi connectivity index (χ4v) is 2.95. The molecule has 0 atom stereocenters. The van der Waals surface area contributed by atoms with E-state index in [9.17, 15) is 17.6 Å². The molecule has 0 spiro atoms. The minimum atomic E-state index is -4.41. The molecule has 3 aromatic carbocycles. The zero-order chi connectivity index (χ0) is 22.0. The Bertz CT molecular complexity index is 1200. The Kier molecular flexibility index (Phi) is 5.28. The lowest BCUT2D eigenvalue weighted by Crippen LogP contribution is -2.06. The summed E-state index contributed by atoms with van der Waals surface area (Å²) in [5.74, 6) is -0.145. The molecule has 6 nitrogen and oxygen atoms in total. The number of nitrogens with one attached hydrogen (secondary N) is 1. The van der Waals surface area contributed by atoms with Crippen LogP contribution in [0.1, 0.15) is 11.1 Å². The van der Waals surface area contributed by atoms with Crippen molar-refractivity contribution in [3.8, 4) is 11.4 Å². The molecule has 10 heteroatoms. The van der Waals surface area contributed by atoms with Crippen molar-refractivity contribution in [2.24, 2.45) is 0 Å². The maximum atomic E-state index is 13.9. The molecule has 0 unspecified atom stereocenters. The van der Waals surface area contributed by atoms with Gasteiger partial charge in [-0.2, -0.15) is 18.0 Å². The van der Waals surface area contributed by atoms with Crippen molar-refractivity contribution >= 4 is 17.1 Å². The monoisotopic (exact) mass is 428 g/mol. The highest BCUT2D eigenvalue weighted by Crippen LogP contribution is 2.33. The fraction of sp³-hybridized carbons (Fsp3) is 0.0952. The van der Waals surface area contributed by atoms with Crippen LogP contribution in [0.4, 0.5) is 34.6 Å². The highest BCUT2D eigenvalue weighted by atomic mass is 19.4. The number of anilines is 3. The number of rotatable bonds is 5. The van der Waals surface area contributed by atoms with E-state index < -0.39 is 11.7 Å². The Balaban J connectivity index is 1.60. The van der Waals surface area contributed by atoms with Crippen LogP contribution in [0.5, 0.6) is 0 Å². The van der Waals surface area contributed by atoms with E-state index in [0.717, 1.165) is 12.1 Å². The molecule has 0 saturated heterocycles. The second-order valence-electron chi connectivity index (χ2n) is 6.74. The van der Waals surface area contributed by atoms with Crippen LogP contribution in [0.3, 0.4) is 0 Å². The molecule has 4 aromatic rings. The van der Waals surface area contributed by atoms with Crippen LogP contribution in [0.15, 0.2) is 66.7 Å². The molecule has 0 bridgehead atoms. The van der Waals surface area contributed by atoms with Crippen LogP contribution in [0, 0.1) is 5.82 Å². The second kappa shape index (κ2) is 8.05. The molecule has 1 aromatic heterocycles. The topological polar surface area (TPSA) is 81.6 Å². The van der Waals surface area contributed by atoms with Gasteiger partial charge in [0.2, 0.25) is 5.82 Å². The Hall–Kier alpha value is -3.95. The summed E-state index contributed by atoms with van der Waals surface area (Å²) in [6, 6.07) is 15.8. The highest BCUT2D eigenvalue weighted by molar-refractivity contribution is 5.80. The van der Waals surface area contributed by atoms with Gasteiger partial charge in [-0.15, -0.1) is 10.2 Å². The first kappa shape index (κ1) is 20.3. The number of tetrazole rings is 1. The maximum Gasteiger partial charge on any atom is 0.416 e. The van der Waals surface area contributed by atoms with Crippen molar-refractivity contribution in [3.05, 3.63) is 83.7 Å². The molecule has 0 fully saturated rings. The van der Waals surface area contributed by atoms with Gasteiger partial charge in [-0.05, 0) is 53.7 Å². The quantitative estimate of drug-likeness (QED) is 0.350. The molecule has 4 rings (SSSR count). The summed E-state index contributed by atoms with van der Waals surface area (Å²) in [7, 11) is 0. The first-order chi connectivity index (χ1) is 14.8. The smallest absolute Gasteiger partial charge is 0.399 e. The van der Waals surface area contributed by atoms with Gasteiger partial charge in [0.15, 0.2) is 0 Å². The first-order valence-corrected chi connectivity index (χ1v) is 9.15. The van der Waals surface area contributed by atoms with Gasteiger partial charge >= 0.3 is 6.18 Å². The van der Waals surface area contributed by atoms with E-state index in [1.54, 1.807) is 36.4 Å². The first-order valence-electron chi connectivity index (χ1n) is 9.15. The molecule has 1 heterocycles. The van der Waals surface area contributed by atoms with Gasteiger partial charge in [-0.25, -0.2) is 4.39 Å².